The highest BCUT2D eigenvalue weighted by atomic mass is 32.2. The van der Waals surface area contributed by atoms with Crippen molar-refractivity contribution >= 4 is 15.7 Å². The average molecular weight is 256 g/mol. The number of rotatable bonds is 4. The maximum atomic E-state index is 12.2. The fourth-order valence-electron chi connectivity index (χ4n) is 1.72. The summed E-state index contributed by atoms with van der Waals surface area (Å²) < 4.78 is 25.9. The molecule has 1 rings (SSSR count). The molecule has 4 nitrogen and oxygen atoms in total. The molecule has 0 aliphatic heterocycles. The van der Waals surface area contributed by atoms with Gasteiger partial charge in [-0.2, -0.15) is 0 Å². The van der Waals surface area contributed by atoms with E-state index in [0.29, 0.717) is 12.2 Å². The van der Waals surface area contributed by atoms with Crippen molar-refractivity contribution in [1.29, 1.82) is 0 Å². The van der Waals surface area contributed by atoms with Gasteiger partial charge in [-0.1, -0.05) is 13.8 Å². The minimum absolute atomic E-state index is 0.262. The third-order valence-corrected chi connectivity index (χ3v) is 4.20. The first kappa shape index (κ1) is 14.0. The number of hydrogen-bond donors (Lipinski definition) is 1. The lowest BCUT2D eigenvalue weighted by Crippen LogP contribution is -2.30. The van der Waals surface area contributed by atoms with E-state index in [2.05, 4.69) is 0 Å². The van der Waals surface area contributed by atoms with E-state index < -0.39 is 10.0 Å². The second-order valence-corrected chi connectivity index (χ2v) is 6.80. The molecule has 2 N–H and O–H groups in total. The Morgan fingerprint density at radius 2 is 1.88 bits per heavy atom. The van der Waals surface area contributed by atoms with Crippen LogP contribution in [0.15, 0.2) is 23.1 Å². The van der Waals surface area contributed by atoms with Crippen molar-refractivity contribution in [3.63, 3.8) is 0 Å². The molecular weight excluding hydrogens is 236 g/mol. The number of nitrogen functional groups attached to an aromatic ring is 1. The van der Waals surface area contributed by atoms with Gasteiger partial charge in [0.2, 0.25) is 10.0 Å². The van der Waals surface area contributed by atoms with Crippen LogP contribution in [-0.2, 0) is 10.0 Å². The third kappa shape index (κ3) is 3.44. The highest BCUT2D eigenvalue weighted by molar-refractivity contribution is 7.89. The zero-order chi connectivity index (χ0) is 13.2. The van der Waals surface area contributed by atoms with E-state index in [4.69, 9.17) is 5.73 Å². The van der Waals surface area contributed by atoms with Gasteiger partial charge in [0, 0.05) is 19.3 Å². The van der Waals surface area contributed by atoms with Gasteiger partial charge in [-0.05, 0) is 36.6 Å². The van der Waals surface area contributed by atoms with Gasteiger partial charge in [0.25, 0.3) is 0 Å². The number of hydrogen-bond acceptors (Lipinski definition) is 3. The molecule has 17 heavy (non-hydrogen) atoms. The van der Waals surface area contributed by atoms with Crippen LogP contribution in [-0.4, -0.2) is 26.3 Å². The number of aryl methyl sites for hydroxylation is 1. The van der Waals surface area contributed by atoms with Crippen molar-refractivity contribution in [1.82, 2.24) is 4.31 Å². The van der Waals surface area contributed by atoms with E-state index in [1.54, 1.807) is 19.2 Å². The highest BCUT2D eigenvalue weighted by Crippen LogP contribution is 2.20. The number of nitrogens with zero attached hydrogens (tertiary/aromatic N) is 1. The Hall–Kier alpha value is -1.07. The summed E-state index contributed by atoms with van der Waals surface area (Å²) in [5.41, 5.74) is 7.00. The van der Waals surface area contributed by atoms with Crippen LogP contribution < -0.4 is 5.73 Å². The van der Waals surface area contributed by atoms with Gasteiger partial charge in [-0.15, -0.1) is 0 Å². The molecule has 0 radical (unpaired) electrons. The first-order valence-corrected chi connectivity index (χ1v) is 7.01. The second kappa shape index (κ2) is 5.06. The summed E-state index contributed by atoms with van der Waals surface area (Å²) in [6, 6.07) is 4.89. The van der Waals surface area contributed by atoms with Crippen molar-refractivity contribution in [2.45, 2.75) is 25.7 Å². The molecule has 0 bridgehead atoms. The second-order valence-electron chi connectivity index (χ2n) is 4.76. The number of anilines is 1. The molecule has 0 aliphatic rings. The topological polar surface area (TPSA) is 63.4 Å². The monoisotopic (exact) mass is 256 g/mol. The molecule has 0 heterocycles. The molecule has 0 fully saturated rings. The van der Waals surface area contributed by atoms with Crippen molar-refractivity contribution in [2.75, 3.05) is 19.3 Å². The molecule has 96 valence electrons. The Balaban J connectivity index is 3.12. The standard InChI is InChI=1S/C12H20N2O2S/c1-9(2)8-14(4)17(15,16)12-6-10(3)5-11(13)7-12/h5-7,9H,8,13H2,1-4H3. The quantitative estimate of drug-likeness (QED) is 0.836. The number of nitrogens with two attached hydrogens (primary N) is 1. The van der Waals surface area contributed by atoms with Gasteiger partial charge in [0.15, 0.2) is 0 Å². The van der Waals surface area contributed by atoms with E-state index in [1.165, 1.54) is 10.4 Å². The molecule has 0 atom stereocenters. The van der Waals surface area contributed by atoms with Gasteiger partial charge in [-0.25, -0.2) is 12.7 Å². The normalized spacial score (nSPS) is 12.4. The summed E-state index contributed by atoms with van der Waals surface area (Å²) in [5.74, 6) is 0.289. The zero-order valence-corrected chi connectivity index (χ0v) is 11.6. The van der Waals surface area contributed by atoms with Crippen molar-refractivity contribution in [3.8, 4) is 0 Å². The Morgan fingerprint density at radius 3 is 2.35 bits per heavy atom. The largest absolute Gasteiger partial charge is 0.399 e. The summed E-state index contributed by atoms with van der Waals surface area (Å²) in [4.78, 5) is 0.262. The van der Waals surface area contributed by atoms with E-state index >= 15 is 0 Å². The summed E-state index contributed by atoms with van der Waals surface area (Å²) in [5, 5.41) is 0. The van der Waals surface area contributed by atoms with Gasteiger partial charge in [0.05, 0.1) is 4.90 Å². The summed E-state index contributed by atoms with van der Waals surface area (Å²) in [6.45, 7) is 6.29. The molecule has 5 heteroatoms. The average Bonchev–Trinajstić information content (AvgIpc) is 2.14. The van der Waals surface area contributed by atoms with Crippen LogP contribution in [0.5, 0.6) is 0 Å². The Labute approximate surface area is 103 Å². The lowest BCUT2D eigenvalue weighted by molar-refractivity contribution is 0.417. The van der Waals surface area contributed by atoms with Crippen LogP contribution >= 0.6 is 0 Å². The van der Waals surface area contributed by atoms with E-state index in [-0.39, 0.29) is 10.8 Å². The molecule has 0 saturated heterocycles. The fraction of sp³-hybridized carbons (Fsp3) is 0.500. The third-order valence-electron chi connectivity index (χ3n) is 2.40. The molecule has 0 unspecified atom stereocenters. The van der Waals surface area contributed by atoms with Crippen molar-refractivity contribution in [3.05, 3.63) is 23.8 Å². The van der Waals surface area contributed by atoms with Crippen LogP contribution in [0, 0.1) is 12.8 Å². The molecule has 0 spiro atoms. The Morgan fingerprint density at radius 1 is 1.29 bits per heavy atom. The van der Waals surface area contributed by atoms with Gasteiger partial charge >= 0.3 is 0 Å². The molecular formula is C12H20N2O2S. The zero-order valence-electron chi connectivity index (χ0n) is 10.8. The number of benzene rings is 1. The predicted octanol–water partition coefficient (Wildman–Crippen LogP) is 1.85. The lowest BCUT2D eigenvalue weighted by Gasteiger charge is -2.19. The number of sulfonamides is 1. The molecule has 1 aromatic carbocycles. The summed E-state index contributed by atoms with van der Waals surface area (Å²) in [7, 11) is -1.83. The predicted molar refractivity (Wildman–Crippen MR) is 70.2 cm³/mol. The van der Waals surface area contributed by atoms with Crippen LogP contribution in [0.4, 0.5) is 5.69 Å². The van der Waals surface area contributed by atoms with Crippen LogP contribution in [0.2, 0.25) is 0 Å². The van der Waals surface area contributed by atoms with E-state index in [1.807, 2.05) is 20.8 Å². The molecule has 1 aromatic rings. The van der Waals surface area contributed by atoms with Gasteiger partial charge < -0.3 is 5.73 Å². The summed E-state index contributed by atoms with van der Waals surface area (Å²) in [6.07, 6.45) is 0. The maximum absolute atomic E-state index is 12.2. The van der Waals surface area contributed by atoms with Gasteiger partial charge in [-0.3, -0.25) is 0 Å². The molecule has 0 amide bonds. The first-order chi connectivity index (χ1) is 7.73. The molecule has 0 saturated carbocycles. The van der Waals surface area contributed by atoms with Gasteiger partial charge in [0.1, 0.15) is 0 Å². The maximum Gasteiger partial charge on any atom is 0.242 e. The SMILES string of the molecule is Cc1cc(N)cc(S(=O)(=O)N(C)CC(C)C)c1. The van der Waals surface area contributed by atoms with Crippen molar-refractivity contribution < 1.29 is 8.42 Å². The molecule has 0 aromatic heterocycles. The Kier molecular flexibility index (Phi) is 4.16. The Bertz CT molecular complexity index is 475. The van der Waals surface area contributed by atoms with E-state index in [9.17, 15) is 8.42 Å². The van der Waals surface area contributed by atoms with Crippen molar-refractivity contribution in [2.24, 2.45) is 5.92 Å². The highest BCUT2D eigenvalue weighted by Gasteiger charge is 2.21. The van der Waals surface area contributed by atoms with E-state index in [0.717, 1.165) is 5.56 Å². The minimum Gasteiger partial charge on any atom is -0.399 e. The van der Waals surface area contributed by atoms with Crippen LogP contribution in [0.25, 0.3) is 0 Å². The van der Waals surface area contributed by atoms with Crippen LogP contribution in [0.1, 0.15) is 19.4 Å². The first-order valence-electron chi connectivity index (χ1n) is 5.57. The fourth-order valence-corrected chi connectivity index (χ4v) is 3.19. The summed E-state index contributed by atoms with van der Waals surface area (Å²) >= 11 is 0. The lowest BCUT2D eigenvalue weighted by atomic mass is 10.2. The molecule has 0 aliphatic carbocycles. The van der Waals surface area contributed by atoms with Crippen LogP contribution in [0.3, 0.4) is 0 Å². The minimum atomic E-state index is -3.43. The smallest absolute Gasteiger partial charge is 0.242 e.